The van der Waals surface area contributed by atoms with Crippen LogP contribution in [0.5, 0.6) is 11.5 Å². The van der Waals surface area contributed by atoms with Gasteiger partial charge in [-0.05, 0) is 73.1 Å². The zero-order valence-electron chi connectivity index (χ0n) is 15.0. The van der Waals surface area contributed by atoms with Gasteiger partial charge in [0.1, 0.15) is 5.78 Å². The Morgan fingerprint density at radius 1 is 1.23 bits per heavy atom. The van der Waals surface area contributed by atoms with E-state index < -0.39 is 10.4 Å². The average Bonchev–Trinajstić information content (AvgIpc) is 2.82. The molecule has 26 heavy (non-hydrogen) atoms. The Balaban J connectivity index is 0.00000196. The second-order valence-electron chi connectivity index (χ2n) is 7.84. The molecule has 0 heterocycles. The quantitative estimate of drug-likeness (QED) is 0.422. The largest absolute Gasteiger partial charge is 1.00 e. The molecule has 1 N–H and O–H groups in total. The van der Waals surface area contributed by atoms with Crippen LogP contribution in [0.25, 0.3) is 0 Å². The number of phenols is 1. The maximum absolute atomic E-state index is 12.3. The van der Waals surface area contributed by atoms with Crippen LogP contribution < -0.4 is 33.7 Å². The standard InChI is InChI=1S/C18H22O6S.Na/c1-18-7-6-11-12(14(18)4-5-17(18)20)3-2-10-8-16(24-25(21,22)23)15(19)9-13(10)11;/h8-9,11-12,14,19H,2-7H2,1H3,(H,21,22,23);/q;+1/p-1/t11-,12+,14-,18-;/m0./s1. The van der Waals surface area contributed by atoms with Crippen molar-refractivity contribution in [3.8, 4) is 11.5 Å². The van der Waals surface area contributed by atoms with Gasteiger partial charge in [0, 0.05) is 11.8 Å². The molecule has 3 aliphatic carbocycles. The third kappa shape index (κ3) is 3.22. The summed E-state index contributed by atoms with van der Waals surface area (Å²) in [5.74, 6) is 0.808. The molecular weight excluding hydrogens is 367 g/mol. The van der Waals surface area contributed by atoms with Crippen LogP contribution in [-0.2, 0) is 21.6 Å². The molecule has 6 nitrogen and oxygen atoms in total. The van der Waals surface area contributed by atoms with E-state index in [2.05, 4.69) is 11.1 Å². The molecule has 3 aliphatic rings. The smallest absolute Gasteiger partial charge is 0.716 e. The third-order valence-electron chi connectivity index (χ3n) is 6.71. The number of aryl methyl sites for hydroxylation is 1. The number of phenolic OH excluding ortho intramolecular Hbond substituents is 1. The van der Waals surface area contributed by atoms with E-state index in [9.17, 15) is 22.9 Å². The molecule has 2 fully saturated rings. The summed E-state index contributed by atoms with van der Waals surface area (Å²) in [4.78, 5) is 12.3. The Labute approximate surface area is 175 Å². The maximum Gasteiger partial charge on any atom is 1.00 e. The van der Waals surface area contributed by atoms with Gasteiger partial charge in [-0.3, -0.25) is 4.79 Å². The summed E-state index contributed by atoms with van der Waals surface area (Å²) in [6.45, 7) is 2.10. The first-order valence-electron chi connectivity index (χ1n) is 8.73. The van der Waals surface area contributed by atoms with Gasteiger partial charge >= 0.3 is 29.6 Å². The fourth-order valence-corrected chi connectivity index (χ4v) is 5.89. The number of carbonyl (C=O) groups is 1. The minimum absolute atomic E-state index is 0. The summed E-state index contributed by atoms with van der Waals surface area (Å²) in [6, 6.07) is 3.02. The first-order chi connectivity index (χ1) is 11.7. The van der Waals surface area contributed by atoms with Crippen molar-refractivity contribution in [3.63, 3.8) is 0 Å². The van der Waals surface area contributed by atoms with Crippen LogP contribution in [-0.4, -0.2) is 23.9 Å². The van der Waals surface area contributed by atoms with Gasteiger partial charge in [-0.15, -0.1) is 0 Å². The molecule has 4 rings (SSSR count). The van der Waals surface area contributed by atoms with E-state index in [0.29, 0.717) is 24.0 Å². The summed E-state index contributed by atoms with van der Waals surface area (Å²) >= 11 is 0. The molecule has 0 unspecified atom stereocenters. The molecule has 0 aliphatic heterocycles. The van der Waals surface area contributed by atoms with Crippen LogP contribution in [0.3, 0.4) is 0 Å². The van der Waals surface area contributed by atoms with Crippen molar-refractivity contribution in [2.75, 3.05) is 0 Å². The molecule has 4 atom stereocenters. The molecule has 0 aromatic heterocycles. The predicted molar refractivity (Wildman–Crippen MR) is 88.1 cm³/mol. The first kappa shape index (κ1) is 20.1. The minimum Gasteiger partial charge on any atom is -0.716 e. The zero-order chi connectivity index (χ0) is 18.0. The van der Waals surface area contributed by atoms with Crippen molar-refractivity contribution in [2.45, 2.75) is 51.4 Å². The SMILES string of the molecule is C[C@]12CC[C@@H]3c4cc(O)c(OS(=O)(=O)[O-])cc4CC[C@H]3[C@@H]1CCC2=O.[Na+]. The van der Waals surface area contributed by atoms with E-state index in [-0.39, 0.29) is 52.4 Å². The Hall–Kier alpha value is -0.600. The molecule has 0 radical (unpaired) electrons. The number of hydrogen-bond donors (Lipinski definition) is 1. The summed E-state index contributed by atoms with van der Waals surface area (Å²) in [7, 11) is -4.92. The fourth-order valence-electron chi connectivity index (χ4n) is 5.53. The molecule has 1 aromatic carbocycles. The number of aromatic hydroxyl groups is 1. The average molecular weight is 388 g/mol. The van der Waals surface area contributed by atoms with Gasteiger partial charge in [0.25, 0.3) is 10.4 Å². The van der Waals surface area contributed by atoms with Crippen LogP contribution in [0.2, 0.25) is 0 Å². The summed E-state index contributed by atoms with van der Waals surface area (Å²) < 4.78 is 36.8. The molecule has 2 saturated carbocycles. The minimum atomic E-state index is -4.92. The summed E-state index contributed by atoms with van der Waals surface area (Å²) in [5, 5.41) is 10.1. The van der Waals surface area contributed by atoms with Gasteiger partial charge in [0.2, 0.25) is 0 Å². The number of Topliss-reactive ketones (excluding diaryl/α,β-unsaturated/α-hetero) is 1. The normalized spacial score (nSPS) is 32.8. The van der Waals surface area contributed by atoms with Crippen LogP contribution in [0.15, 0.2) is 12.1 Å². The van der Waals surface area contributed by atoms with E-state index in [1.54, 1.807) is 6.07 Å². The van der Waals surface area contributed by atoms with Crippen molar-refractivity contribution in [2.24, 2.45) is 17.3 Å². The topological polar surface area (TPSA) is 104 Å². The van der Waals surface area contributed by atoms with Crippen molar-refractivity contribution in [1.82, 2.24) is 0 Å². The van der Waals surface area contributed by atoms with Gasteiger partial charge in [0.15, 0.2) is 11.5 Å². The number of rotatable bonds is 2. The molecule has 0 amide bonds. The van der Waals surface area contributed by atoms with Crippen molar-refractivity contribution in [3.05, 3.63) is 23.3 Å². The number of benzene rings is 1. The third-order valence-corrected chi connectivity index (χ3v) is 7.09. The van der Waals surface area contributed by atoms with Crippen LogP contribution in [0.1, 0.15) is 56.1 Å². The molecule has 0 saturated heterocycles. The molecule has 136 valence electrons. The number of hydrogen-bond acceptors (Lipinski definition) is 6. The molecule has 8 heteroatoms. The first-order valence-corrected chi connectivity index (χ1v) is 10.1. The van der Waals surface area contributed by atoms with Crippen LogP contribution >= 0.6 is 0 Å². The van der Waals surface area contributed by atoms with Crippen molar-refractivity contribution < 1.29 is 56.6 Å². The number of carbonyl (C=O) groups excluding carboxylic acids is 1. The molecule has 0 spiro atoms. The van der Waals surface area contributed by atoms with Crippen molar-refractivity contribution >= 4 is 16.2 Å². The number of ketones is 1. The van der Waals surface area contributed by atoms with Gasteiger partial charge in [0.05, 0.1) is 0 Å². The monoisotopic (exact) mass is 388 g/mol. The predicted octanol–water partition coefficient (Wildman–Crippen LogP) is -0.340. The second kappa shape index (κ2) is 6.78. The Morgan fingerprint density at radius 3 is 2.65 bits per heavy atom. The van der Waals surface area contributed by atoms with Crippen LogP contribution in [0, 0.1) is 17.3 Å². The van der Waals surface area contributed by atoms with E-state index in [1.165, 1.54) is 6.07 Å². The molecule has 1 aromatic rings. The summed E-state index contributed by atoms with van der Waals surface area (Å²) in [5.41, 5.74) is 1.72. The van der Waals surface area contributed by atoms with E-state index >= 15 is 0 Å². The van der Waals surface area contributed by atoms with Gasteiger partial charge < -0.3 is 13.8 Å². The zero-order valence-corrected chi connectivity index (χ0v) is 17.8. The van der Waals surface area contributed by atoms with E-state index in [4.69, 9.17) is 0 Å². The number of fused-ring (bicyclic) bond motifs is 5. The van der Waals surface area contributed by atoms with Gasteiger partial charge in [-0.1, -0.05) is 6.92 Å². The fraction of sp³-hybridized carbons (Fsp3) is 0.611. The van der Waals surface area contributed by atoms with Gasteiger partial charge in [-0.25, -0.2) is 8.42 Å². The van der Waals surface area contributed by atoms with Gasteiger partial charge in [-0.2, -0.15) is 0 Å². The van der Waals surface area contributed by atoms with Crippen molar-refractivity contribution in [1.29, 1.82) is 0 Å². The Morgan fingerprint density at radius 2 is 1.96 bits per heavy atom. The second-order valence-corrected chi connectivity index (χ2v) is 8.83. The Bertz CT molecular complexity index is 851. The Kier molecular flexibility index (Phi) is 5.25. The maximum atomic E-state index is 12.3. The van der Waals surface area contributed by atoms with E-state index in [0.717, 1.165) is 43.2 Å². The molecule has 0 bridgehead atoms. The van der Waals surface area contributed by atoms with E-state index in [1.807, 2.05) is 0 Å². The summed E-state index contributed by atoms with van der Waals surface area (Å²) in [6.07, 6.45) is 5.00. The van der Waals surface area contributed by atoms with Crippen LogP contribution in [0.4, 0.5) is 0 Å². The molecular formula is C18H21NaO6S.